The summed E-state index contributed by atoms with van der Waals surface area (Å²) in [6.07, 6.45) is 8.16. The van der Waals surface area contributed by atoms with E-state index in [1.54, 1.807) is 14.2 Å². The van der Waals surface area contributed by atoms with Crippen molar-refractivity contribution in [3.05, 3.63) is 29.8 Å². The zero-order valence-electron chi connectivity index (χ0n) is 11.1. The van der Waals surface area contributed by atoms with E-state index in [2.05, 4.69) is 17.5 Å². The zero-order valence-corrected chi connectivity index (χ0v) is 11.1. The standard InChI is InChI=1S/C15H21NO2/c1-17-14-9-7-12(15(11-14)18-2)6-8-13-5-3-4-10-16-13/h6-9,11,13,16H,3-5,10H2,1-2H3/b8-6+. The molecule has 1 aromatic carbocycles. The highest BCUT2D eigenvalue weighted by atomic mass is 16.5. The Morgan fingerprint density at radius 3 is 2.78 bits per heavy atom. The van der Waals surface area contributed by atoms with Gasteiger partial charge in [0, 0.05) is 17.7 Å². The Hall–Kier alpha value is -1.48. The van der Waals surface area contributed by atoms with E-state index < -0.39 is 0 Å². The number of hydrogen-bond donors (Lipinski definition) is 1. The van der Waals surface area contributed by atoms with Crippen LogP contribution in [0.25, 0.3) is 6.08 Å². The molecule has 0 amide bonds. The minimum atomic E-state index is 0.491. The fourth-order valence-corrected chi connectivity index (χ4v) is 2.22. The Labute approximate surface area is 109 Å². The number of ether oxygens (including phenoxy) is 2. The van der Waals surface area contributed by atoms with Crippen molar-refractivity contribution in [2.45, 2.75) is 25.3 Å². The fraction of sp³-hybridized carbons (Fsp3) is 0.467. The molecule has 1 saturated heterocycles. The molecule has 1 unspecified atom stereocenters. The zero-order chi connectivity index (χ0) is 12.8. The van der Waals surface area contributed by atoms with E-state index in [4.69, 9.17) is 9.47 Å². The van der Waals surface area contributed by atoms with Gasteiger partial charge >= 0.3 is 0 Å². The van der Waals surface area contributed by atoms with Crippen LogP contribution in [0, 0.1) is 0 Å². The molecule has 2 rings (SSSR count). The van der Waals surface area contributed by atoms with Gasteiger partial charge in [-0.1, -0.05) is 18.6 Å². The summed E-state index contributed by atoms with van der Waals surface area (Å²) in [4.78, 5) is 0. The first-order chi connectivity index (χ1) is 8.83. The normalized spacial score (nSPS) is 20.0. The Morgan fingerprint density at radius 2 is 2.11 bits per heavy atom. The van der Waals surface area contributed by atoms with E-state index in [1.807, 2.05) is 18.2 Å². The van der Waals surface area contributed by atoms with Crippen molar-refractivity contribution < 1.29 is 9.47 Å². The van der Waals surface area contributed by atoms with Crippen molar-refractivity contribution >= 4 is 6.08 Å². The van der Waals surface area contributed by atoms with Crippen LogP contribution in [0.3, 0.4) is 0 Å². The van der Waals surface area contributed by atoms with Gasteiger partial charge in [0.25, 0.3) is 0 Å². The lowest BCUT2D eigenvalue weighted by atomic mass is 10.0. The highest BCUT2D eigenvalue weighted by Crippen LogP contribution is 2.26. The molecule has 18 heavy (non-hydrogen) atoms. The Morgan fingerprint density at radius 1 is 1.22 bits per heavy atom. The van der Waals surface area contributed by atoms with Crippen LogP contribution in [0.1, 0.15) is 24.8 Å². The van der Waals surface area contributed by atoms with Gasteiger partial charge in [-0.05, 0) is 31.5 Å². The van der Waals surface area contributed by atoms with Gasteiger partial charge in [0.1, 0.15) is 11.5 Å². The number of rotatable bonds is 4. The lowest BCUT2D eigenvalue weighted by Gasteiger charge is -2.20. The first-order valence-corrected chi connectivity index (χ1v) is 6.47. The van der Waals surface area contributed by atoms with Crippen LogP contribution in [0.15, 0.2) is 24.3 Å². The highest BCUT2D eigenvalue weighted by molar-refractivity contribution is 5.59. The fourth-order valence-electron chi connectivity index (χ4n) is 2.22. The molecule has 1 atom stereocenters. The molecule has 3 heteroatoms. The maximum Gasteiger partial charge on any atom is 0.129 e. The minimum Gasteiger partial charge on any atom is -0.497 e. The molecular formula is C15H21NO2. The van der Waals surface area contributed by atoms with Crippen molar-refractivity contribution in [1.29, 1.82) is 0 Å². The van der Waals surface area contributed by atoms with Gasteiger partial charge in [-0.3, -0.25) is 0 Å². The summed E-state index contributed by atoms with van der Waals surface area (Å²) < 4.78 is 10.6. The number of hydrogen-bond acceptors (Lipinski definition) is 3. The van der Waals surface area contributed by atoms with E-state index in [0.29, 0.717) is 6.04 Å². The van der Waals surface area contributed by atoms with Crippen LogP contribution in [-0.2, 0) is 0 Å². The first-order valence-electron chi connectivity index (χ1n) is 6.47. The molecule has 0 saturated carbocycles. The van der Waals surface area contributed by atoms with Gasteiger partial charge in [-0.15, -0.1) is 0 Å². The number of benzene rings is 1. The number of nitrogens with one attached hydrogen (secondary N) is 1. The van der Waals surface area contributed by atoms with Crippen LogP contribution in [-0.4, -0.2) is 26.8 Å². The average Bonchev–Trinajstić information content (AvgIpc) is 2.46. The molecular weight excluding hydrogens is 226 g/mol. The quantitative estimate of drug-likeness (QED) is 0.887. The molecule has 1 fully saturated rings. The maximum atomic E-state index is 5.38. The summed E-state index contributed by atoms with van der Waals surface area (Å²) in [6.45, 7) is 1.12. The Balaban J connectivity index is 2.09. The summed E-state index contributed by atoms with van der Waals surface area (Å²) in [6, 6.07) is 6.38. The van der Waals surface area contributed by atoms with E-state index in [9.17, 15) is 0 Å². The molecule has 0 aromatic heterocycles. The predicted molar refractivity (Wildman–Crippen MR) is 74.2 cm³/mol. The molecule has 1 heterocycles. The predicted octanol–water partition coefficient (Wildman–Crippen LogP) is 2.86. The van der Waals surface area contributed by atoms with Crippen molar-refractivity contribution in [1.82, 2.24) is 5.32 Å². The van der Waals surface area contributed by atoms with Gasteiger partial charge in [0.2, 0.25) is 0 Å². The molecule has 1 aliphatic heterocycles. The SMILES string of the molecule is COc1ccc(/C=C/C2CCCCN2)c(OC)c1. The third kappa shape index (κ3) is 3.26. The second-order valence-corrected chi connectivity index (χ2v) is 4.52. The lowest BCUT2D eigenvalue weighted by Crippen LogP contribution is -2.31. The van der Waals surface area contributed by atoms with E-state index in [0.717, 1.165) is 23.6 Å². The molecule has 1 aromatic rings. The number of piperidine rings is 1. The van der Waals surface area contributed by atoms with Gasteiger partial charge in [-0.25, -0.2) is 0 Å². The maximum absolute atomic E-state index is 5.38. The molecule has 1 aliphatic rings. The average molecular weight is 247 g/mol. The van der Waals surface area contributed by atoms with Crippen LogP contribution >= 0.6 is 0 Å². The third-order valence-electron chi connectivity index (χ3n) is 3.30. The number of methoxy groups -OCH3 is 2. The molecule has 3 nitrogen and oxygen atoms in total. The molecule has 0 bridgehead atoms. The van der Waals surface area contributed by atoms with Gasteiger partial charge in [0.05, 0.1) is 14.2 Å². The Bertz CT molecular complexity index is 409. The summed E-state index contributed by atoms with van der Waals surface area (Å²) in [5.41, 5.74) is 1.09. The molecule has 0 spiro atoms. The van der Waals surface area contributed by atoms with Crippen molar-refractivity contribution in [2.24, 2.45) is 0 Å². The topological polar surface area (TPSA) is 30.5 Å². The molecule has 0 aliphatic carbocycles. The minimum absolute atomic E-state index is 0.491. The second kappa shape index (κ2) is 6.45. The van der Waals surface area contributed by atoms with E-state index >= 15 is 0 Å². The molecule has 0 radical (unpaired) electrons. The van der Waals surface area contributed by atoms with Gasteiger partial charge < -0.3 is 14.8 Å². The van der Waals surface area contributed by atoms with Crippen LogP contribution in [0.2, 0.25) is 0 Å². The Kier molecular flexibility index (Phi) is 4.65. The highest BCUT2D eigenvalue weighted by Gasteiger charge is 2.09. The summed E-state index contributed by atoms with van der Waals surface area (Å²) in [7, 11) is 3.35. The van der Waals surface area contributed by atoms with Crippen LogP contribution < -0.4 is 14.8 Å². The lowest BCUT2D eigenvalue weighted by molar-refractivity contribution is 0.393. The monoisotopic (exact) mass is 247 g/mol. The summed E-state index contributed by atoms with van der Waals surface area (Å²) in [5, 5.41) is 3.50. The summed E-state index contributed by atoms with van der Waals surface area (Å²) >= 11 is 0. The van der Waals surface area contributed by atoms with Crippen molar-refractivity contribution in [3.63, 3.8) is 0 Å². The molecule has 98 valence electrons. The second-order valence-electron chi connectivity index (χ2n) is 4.52. The smallest absolute Gasteiger partial charge is 0.129 e. The van der Waals surface area contributed by atoms with Gasteiger partial charge in [0.15, 0.2) is 0 Å². The third-order valence-corrected chi connectivity index (χ3v) is 3.30. The van der Waals surface area contributed by atoms with Gasteiger partial charge in [-0.2, -0.15) is 0 Å². The van der Waals surface area contributed by atoms with Crippen molar-refractivity contribution in [2.75, 3.05) is 20.8 Å². The van der Waals surface area contributed by atoms with Crippen LogP contribution in [0.5, 0.6) is 11.5 Å². The first kappa shape index (κ1) is 13.0. The van der Waals surface area contributed by atoms with Crippen molar-refractivity contribution in [3.8, 4) is 11.5 Å². The van der Waals surface area contributed by atoms with E-state index in [1.165, 1.54) is 19.3 Å². The van der Waals surface area contributed by atoms with Crippen LogP contribution in [0.4, 0.5) is 0 Å². The summed E-state index contributed by atoms with van der Waals surface area (Å²) in [5.74, 6) is 1.67. The molecule has 1 N–H and O–H groups in total. The largest absolute Gasteiger partial charge is 0.497 e. The van der Waals surface area contributed by atoms with E-state index in [-0.39, 0.29) is 0 Å².